The fourth-order valence-corrected chi connectivity index (χ4v) is 1.83. The summed E-state index contributed by atoms with van der Waals surface area (Å²) >= 11 is 0. The highest BCUT2D eigenvalue weighted by Gasteiger charge is 2.12. The topological polar surface area (TPSA) is 71.7 Å². The maximum atomic E-state index is 11.6. The van der Waals surface area contributed by atoms with E-state index in [9.17, 15) is 9.90 Å². The number of β-amino-alcohol motifs (C(OH)–C–C–N with tert-alkyl or cyclic N) is 1. The Morgan fingerprint density at radius 2 is 2.10 bits per heavy atom. The Kier molecular flexibility index (Phi) is 4.65. The molecule has 0 spiro atoms. The van der Waals surface area contributed by atoms with Crippen molar-refractivity contribution in [3.63, 3.8) is 0 Å². The molecule has 0 saturated carbocycles. The summed E-state index contributed by atoms with van der Waals surface area (Å²) in [7, 11) is 0. The molecular formula is C16H21NO4. The van der Waals surface area contributed by atoms with Crippen molar-refractivity contribution in [3.8, 4) is 5.75 Å². The zero-order valence-corrected chi connectivity index (χ0v) is 12.6. The van der Waals surface area contributed by atoms with Crippen molar-refractivity contribution >= 4 is 11.0 Å². The van der Waals surface area contributed by atoms with Crippen molar-refractivity contribution in [2.24, 2.45) is 0 Å². The molecule has 5 heteroatoms. The van der Waals surface area contributed by atoms with Crippen LogP contribution < -0.4 is 15.5 Å². The molecular weight excluding hydrogens is 270 g/mol. The van der Waals surface area contributed by atoms with Gasteiger partial charge in [0.05, 0.1) is 11.6 Å². The second kappa shape index (κ2) is 6.28. The van der Waals surface area contributed by atoms with Crippen LogP contribution in [0.15, 0.2) is 39.7 Å². The van der Waals surface area contributed by atoms with Gasteiger partial charge in [-0.05, 0) is 32.9 Å². The van der Waals surface area contributed by atoms with Crippen LogP contribution in [-0.2, 0) is 0 Å². The lowest BCUT2D eigenvalue weighted by Crippen LogP contribution is -2.42. The Balaban J connectivity index is 1.96. The zero-order valence-electron chi connectivity index (χ0n) is 12.6. The molecule has 1 aromatic carbocycles. The van der Waals surface area contributed by atoms with Gasteiger partial charge >= 0.3 is 0 Å². The predicted molar refractivity (Wildman–Crippen MR) is 81.7 cm³/mol. The molecule has 0 radical (unpaired) electrons. The van der Waals surface area contributed by atoms with E-state index in [4.69, 9.17) is 9.15 Å². The molecule has 1 heterocycles. The molecule has 1 aromatic heterocycles. The van der Waals surface area contributed by atoms with E-state index in [0.29, 0.717) is 23.3 Å². The van der Waals surface area contributed by atoms with Crippen LogP contribution in [-0.4, -0.2) is 29.9 Å². The second-order valence-electron chi connectivity index (χ2n) is 6.04. The molecule has 1 unspecified atom stereocenters. The quantitative estimate of drug-likeness (QED) is 0.880. The number of aliphatic hydroxyl groups excluding tert-OH is 1. The number of hydrogen-bond donors (Lipinski definition) is 2. The third kappa shape index (κ3) is 4.58. The fraction of sp³-hybridized carbons (Fsp3) is 0.438. The zero-order chi connectivity index (χ0) is 15.5. The standard InChI is InChI=1S/C16H21NO4/c1-16(2,3)17-9-11(18)10-21-12-4-5-13-14(19)6-7-20-15(13)8-12/h4-8,11,17-18H,9-10H2,1-3H3. The molecule has 2 aromatic rings. The molecule has 1 atom stereocenters. The lowest BCUT2D eigenvalue weighted by atomic mass is 10.1. The number of nitrogens with one attached hydrogen (secondary N) is 1. The molecule has 2 N–H and O–H groups in total. The molecule has 0 aliphatic heterocycles. The highest BCUT2D eigenvalue weighted by molar-refractivity contribution is 5.77. The summed E-state index contributed by atoms with van der Waals surface area (Å²) in [6, 6.07) is 6.39. The van der Waals surface area contributed by atoms with Crippen molar-refractivity contribution in [2.45, 2.75) is 32.4 Å². The molecule has 114 valence electrons. The van der Waals surface area contributed by atoms with E-state index in [2.05, 4.69) is 5.32 Å². The van der Waals surface area contributed by atoms with Crippen LogP contribution in [0.2, 0.25) is 0 Å². The van der Waals surface area contributed by atoms with E-state index in [1.165, 1.54) is 12.3 Å². The first-order valence-electron chi connectivity index (χ1n) is 6.93. The minimum Gasteiger partial charge on any atom is -0.491 e. The van der Waals surface area contributed by atoms with Crippen molar-refractivity contribution in [3.05, 3.63) is 40.8 Å². The van der Waals surface area contributed by atoms with E-state index >= 15 is 0 Å². The lowest BCUT2D eigenvalue weighted by Gasteiger charge is -2.22. The monoisotopic (exact) mass is 291 g/mol. The number of benzene rings is 1. The third-order valence-corrected chi connectivity index (χ3v) is 2.94. The number of fused-ring (bicyclic) bond motifs is 1. The summed E-state index contributed by atoms with van der Waals surface area (Å²) in [5.74, 6) is 0.562. The summed E-state index contributed by atoms with van der Waals surface area (Å²) in [5.41, 5.74) is 0.340. The molecule has 0 saturated heterocycles. The third-order valence-electron chi connectivity index (χ3n) is 2.94. The summed E-state index contributed by atoms with van der Waals surface area (Å²) in [6.07, 6.45) is 0.749. The van der Waals surface area contributed by atoms with Crippen LogP contribution in [0.3, 0.4) is 0 Å². The van der Waals surface area contributed by atoms with Gasteiger partial charge in [0.2, 0.25) is 0 Å². The summed E-state index contributed by atoms with van der Waals surface area (Å²) in [4.78, 5) is 11.6. The Morgan fingerprint density at radius 1 is 1.33 bits per heavy atom. The highest BCUT2D eigenvalue weighted by atomic mass is 16.5. The van der Waals surface area contributed by atoms with Gasteiger partial charge < -0.3 is 19.6 Å². The molecule has 5 nitrogen and oxygen atoms in total. The molecule has 0 bridgehead atoms. The van der Waals surface area contributed by atoms with Crippen molar-refractivity contribution < 1.29 is 14.3 Å². The average Bonchev–Trinajstić information content (AvgIpc) is 2.42. The Bertz CT molecular complexity index is 657. The van der Waals surface area contributed by atoms with Crippen LogP contribution in [0.25, 0.3) is 11.0 Å². The van der Waals surface area contributed by atoms with Crippen molar-refractivity contribution in [2.75, 3.05) is 13.2 Å². The van der Waals surface area contributed by atoms with Gasteiger partial charge in [0.15, 0.2) is 5.43 Å². The van der Waals surface area contributed by atoms with Gasteiger partial charge in [-0.25, -0.2) is 0 Å². The molecule has 0 fully saturated rings. The maximum Gasteiger partial charge on any atom is 0.192 e. The number of hydrogen-bond acceptors (Lipinski definition) is 5. The molecule has 0 aliphatic carbocycles. The Hall–Kier alpha value is -1.85. The first kappa shape index (κ1) is 15.5. The van der Waals surface area contributed by atoms with Crippen LogP contribution in [0.5, 0.6) is 5.75 Å². The maximum absolute atomic E-state index is 11.6. The smallest absolute Gasteiger partial charge is 0.192 e. The Labute approximate surface area is 123 Å². The Morgan fingerprint density at radius 3 is 2.81 bits per heavy atom. The average molecular weight is 291 g/mol. The largest absolute Gasteiger partial charge is 0.491 e. The highest BCUT2D eigenvalue weighted by Crippen LogP contribution is 2.18. The predicted octanol–water partition coefficient (Wildman–Crippen LogP) is 1.92. The van der Waals surface area contributed by atoms with Gasteiger partial charge in [0.1, 0.15) is 24.0 Å². The van der Waals surface area contributed by atoms with Gasteiger partial charge in [-0.15, -0.1) is 0 Å². The van der Waals surface area contributed by atoms with Crippen molar-refractivity contribution in [1.82, 2.24) is 5.32 Å². The summed E-state index contributed by atoms with van der Waals surface area (Å²) in [6.45, 7) is 6.72. The van der Waals surface area contributed by atoms with Gasteiger partial charge in [-0.2, -0.15) is 0 Å². The minimum absolute atomic E-state index is 0.0483. The SMILES string of the molecule is CC(C)(C)NCC(O)COc1ccc2c(=O)ccoc2c1. The van der Waals surface area contributed by atoms with Crippen LogP contribution in [0.1, 0.15) is 20.8 Å². The minimum atomic E-state index is -0.609. The van der Waals surface area contributed by atoms with E-state index in [0.717, 1.165) is 0 Å². The summed E-state index contributed by atoms with van der Waals surface area (Å²) < 4.78 is 10.8. The fourth-order valence-electron chi connectivity index (χ4n) is 1.83. The van der Waals surface area contributed by atoms with Crippen molar-refractivity contribution in [1.29, 1.82) is 0 Å². The van der Waals surface area contributed by atoms with E-state index < -0.39 is 6.10 Å². The van der Waals surface area contributed by atoms with Crippen LogP contribution in [0.4, 0.5) is 0 Å². The molecule has 0 aliphatic rings. The number of ether oxygens (including phenoxy) is 1. The lowest BCUT2D eigenvalue weighted by molar-refractivity contribution is 0.100. The van der Waals surface area contributed by atoms with E-state index in [-0.39, 0.29) is 17.6 Å². The number of rotatable bonds is 5. The van der Waals surface area contributed by atoms with Gasteiger partial charge in [-0.3, -0.25) is 4.79 Å². The normalized spacial score (nSPS) is 13.3. The van der Waals surface area contributed by atoms with Crippen LogP contribution in [0, 0.1) is 0 Å². The molecule has 21 heavy (non-hydrogen) atoms. The van der Waals surface area contributed by atoms with E-state index in [1.807, 2.05) is 20.8 Å². The first-order valence-corrected chi connectivity index (χ1v) is 6.93. The number of aliphatic hydroxyl groups is 1. The van der Waals surface area contributed by atoms with Gasteiger partial charge in [-0.1, -0.05) is 0 Å². The van der Waals surface area contributed by atoms with Gasteiger partial charge in [0, 0.05) is 24.2 Å². The van der Waals surface area contributed by atoms with E-state index in [1.54, 1.807) is 18.2 Å². The van der Waals surface area contributed by atoms with Crippen LogP contribution >= 0.6 is 0 Å². The first-order chi connectivity index (χ1) is 9.85. The second-order valence-corrected chi connectivity index (χ2v) is 6.04. The molecule has 0 amide bonds. The molecule has 2 rings (SSSR count). The summed E-state index contributed by atoms with van der Waals surface area (Å²) in [5, 5.41) is 13.6. The van der Waals surface area contributed by atoms with Gasteiger partial charge in [0.25, 0.3) is 0 Å².